The van der Waals surface area contributed by atoms with Gasteiger partial charge in [0.15, 0.2) is 0 Å². The first-order chi connectivity index (χ1) is 16.7. The highest BCUT2D eigenvalue weighted by atomic mass is 32.2. The molecular weight excluding hydrogens is 469 g/mol. The van der Waals surface area contributed by atoms with E-state index in [0.29, 0.717) is 39.6 Å². The molecule has 10 heteroatoms. The molecule has 2 aromatic heterocycles. The van der Waals surface area contributed by atoms with E-state index in [-0.39, 0.29) is 24.4 Å². The maximum atomic E-state index is 13.6. The van der Waals surface area contributed by atoms with Crippen LogP contribution in [-0.2, 0) is 23.1 Å². The second-order valence-electron chi connectivity index (χ2n) is 8.28. The van der Waals surface area contributed by atoms with E-state index in [0.717, 1.165) is 6.26 Å². The van der Waals surface area contributed by atoms with E-state index in [1.165, 1.54) is 4.57 Å². The van der Waals surface area contributed by atoms with Crippen molar-refractivity contribution in [2.24, 2.45) is 0 Å². The summed E-state index contributed by atoms with van der Waals surface area (Å²) in [6.07, 6.45) is 3.03. The minimum atomic E-state index is -3.20. The van der Waals surface area contributed by atoms with Gasteiger partial charge in [-0.25, -0.2) is 22.3 Å². The van der Waals surface area contributed by atoms with Crippen molar-refractivity contribution in [2.75, 3.05) is 12.0 Å². The topological polar surface area (TPSA) is 103 Å². The molecule has 2 heterocycles. The molecule has 0 atom stereocenters. The van der Waals surface area contributed by atoms with Crippen molar-refractivity contribution in [3.8, 4) is 28.8 Å². The van der Waals surface area contributed by atoms with Crippen molar-refractivity contribution < 1.29 is 12.8 Å². The number of aromatic nitrogens is 4. The van der Waals surface area contributed by atoms with Gasteiger partial charge in [-0.15, -0.1) is 0 Å². The zero-order chi connectivity index (χ0) is 25.2. The predicted molar refractivity (Wildman–Crippen MR) is 131 cm³/mol. The highest BCUT2D eigenvalue weighted by Crippen LogP contribution is 2.27. The Hall–Kier alpha value is -3.97. The molecule has 0 saturated heterocycles. The van der Waals surface area contributed by atoms with Gasteiger partial charge in [0.05, 0.1) is 52.0 Å². The van der Waals surface area contributed by atoms with Crippen LogP contribution in [0.4, 0.5) is 4.39 Å². The monoisotopic (exact) mass is 493 g/mol. The Morgan fingerprint density at radius 3 is 2.49 bits per heavy atom. The molecule has 0 saturated carbocycles. The SMILES string of the molecule is Cc1c(-c2ccnn2-c2ccc(C#N)cc2)n(CCCS(C)(=O)=O)c(=O)n1-c1cccc(CF)c1. The highest BCUT2D eigenvalue weighted by molar-refractivity contribution is 7.90. The Morgan fingerprint density at radius 1 is 1.09 bits per heavy atom. The predicted octanol–water partition coefficient (Wildman–Crippen LogP) is 3.58. The van der Waals surface area contributed by atoms with Gasteiger partial charge in [0, 0.05) is 12.8 Å². The molecule has 8 nitrogen and oxygen atoms in total. The van der Waals surface area contributed by atoms with E-state index in [9.17, 15) is 17.6 Å². The fraction of sp³-hybridized carbons (Fsp3) is 0.240. The molecule has 0 bridgehead atoms. The Balaban J connectivity index is 1.90. The zero-order valence-corrected chi connectivity index (χ0v) is 20.2. The van der Waals surface area contributed by atoms with Crippen LogP contribution in [0.2, 0.25) is 0 Å². The molecule has 0 spiro atoms. The van der Waals surface area contributed by atoms with Crippen LogP contribution < -0.4 is 5.69 Å². The van der Waals surface area contributed by atoms with Gasteiger partial charge in [0.25, 0.3) is 0 Å². The third-order valence-corrected chi connectivity index (χ3v) is 6.75. The number of nitrogens with zero attached hydrogens (tertiary/aromatic N) is 5. The van der Waals surface area contributed by atoms with Gasteiger partial charge in [0.1, 0.15) is 16.5 Å². The quantitative estimate of drug-likeness (QED) is 0.373. The molecule has 0 radical (unpaired) electrons. The average molecular weight is 494 g/mol. The summed E-state index contributed by atoms with van der Waals surface area (Å²) in [6, 6.07) is 17.4. The van der Waals surface area contributed by atoms with Crippen molar-refractivity contribution >= 4 is 9.84 Å². The summed E-state index contributed by atoms with van der Waals surface area (Å²) in [5.41, 5.74) is 3.65. The van der Waals surface area contributed by atoms with Crippen LogP contribution in [-0.4, -0.2) is 39.3 Å². The largest absolute Gasteiger partial charge is 0.333 e. The maximum Gasteiger partial charge on any atom is 0.333 e. The number of hydrogen-bond donors (Lipinski definition) is 0. The van der Waals surface area contributed by atoms with Gasteiger partial charge in [-0.1, -0.05) is 12.1 Å². The third kappa shape index (κ3) is 4.95. The molecule has 0 aliphatic heterocycles. The minimum absolute atomic E-state index is 0.0602. The molecule has 0 aliphatic rings. The number of rotatable bonds is 8. The number of sulfone groups is 1. The summed E-state index contributed by atoms with van der Waals surface area (Å²) in [5.74, 6) is -0.0602. The highest BCUT2D eigenvalue weighted by Gasteiger charge is 2.23. The van der Waals surface area contributed by atoms with Gasteiger partial charge in [-0.3, -0.25) is 9.13 Å². The number of imidazole rings is 1. The van der Waals surface area contributed by atoms with Gasteiger partial charge < -0.3 is 0 Å². The minimum Gasteiger partial charge on any atom is -0.290 e. The smallest absolute Gasteiger partial charge is 0.290 e. The lowest BCUT2D eigenvalue weighted by molar-refractivity contribution is 0.485. The number of benzene rings is 2. The van der Waals surface area contributed by atoms with Crippen molar-refractivity contribution in [1.82, 2.24) is 18.9 Å². The molecule has 0 amide bonds. The summed E-state index contributed by atoms with van der Waals surface area (Å²) >= 11 is 0. The first-order valence-corrected chi connectivity index (χ1v) is 13.0. The fourth-order valence-electron chi connectivity index (χ4n) is 4.13. The number of hydrogen-bond acceptors (Lipinski definition) is 5. The van der Waals surface area contributed by atoms with Gasteiger partial charge >= 0.3 is 5.69 Å². The van der Waals surface area contributed by atoms with Crippen LogP contribution in [0, 0.1) is 18.3 Å². The summed E-state index contributed by atoms with van der Waals surface area (Å²) < 4.78 is 41.5. The van der Waals surface area contributed by atoms with Crippen molar-refractivity contribution in [3.63, 3.8) is 0 Å². The average Bonchev–Trinajstić information content (AvgIpc) is 3.40. The van der Waals surface area contributed by atoms with E-state index in [4.69, 9.17) is 5.26 Å². The summed E-state index contributed by atoms with van der Waals surface area (Å²) in [7, 11) is -3.20. The van der Waals surface area contributed by atoms with Crippen molar-refractivity contribution in [2.45, 2.75) is 26.6 Å². The second-order valence-corrected chi connectivity index (χ2v) is 10.5. The van der Waals surface area contributed by atoms with E-state index in [1.807, 2.05) is 0 Å². The number of alkyl halides is 1. The van der Waals surface area contributed by atoms with Crippen molar-refractivity contribution in [3.05, 3.63) is 88.1 Å². The molecular formula is C25H24FN5O3S. The van der Waals surface area contributed by atoms with Crippen LogP contribution in [0.25, 0.3) is 22.8 Å². The maximum absolute atomic E-state index is 13.6. The Morgan fingerprint density at radius 2 is 1.83 bits per heavy atom. The van der Waals surface area contributed by atoms with Crippen molar-refractivity contribution in [1.29, 1.82) is 5.26 Å². The molecule has 0 N–H and O–H groups in total. The lowest BCUT2D eigenvalue weighted by Crippen LogP contribution is -2.25. The molecule has 35 heavy (non-hydrogen) atoms. The molecule has 180 valence electrons. The van der Waals surface area contributed by atoms with Crippen LogP contribution in [0.1, 0.15) is 23.2 Å². The first kappa shape index (κ1) is 24.2. The summed E-state index contributed by atoms with van der Waals surface area (Å²) in [4.78, 5) is 13.6. The van der Waals surface area contributed by atoms with E-state index < -0.39 is 16.5 Å². The number of halogens is 1. The van der Waals surface area contributed by atoms with Crippen LogP contribution in [0.5, 0.6) is 0 Å². The molecule has 0 aliphatic carbocycles. The van der Waals surface area contributed by atoms with E-state index in [1.54, 1.807) is 77.0 Å². The van der Waals surface area contributed by atoms with Crippen LogP contribution in [0.15, 0.2) is 65.6 Å². The van der Waals surface area contributed by atoms with E-state index >= 15 is 0 Å². The van der Waals surface area contributed by atoms with Gasteiger partial charge in [-0.2, -0.15) is 10.4 Å². The number of nitriles is 1. The Bertz CT molecular complexity index is 1570. The first-order valence-electron chi connectivity index (χ1n) is 10.9. The third-order valence-electron chi connectivity index (χ3n) is 5.72. The Kier molecular flexibility index (Phi) is 6.71. The van der Waals surface area contributed by atoms with E-state index in [2.05, 4.69) is 11.2 Å². The van der Waals surface area contributed by atoms with Crippen LogP contribution >= 0.6 is 0 Å². The second kappa shape index (κ2) is 9.72. The molecule has 0 unspecified atom stereocenters. The van der Waals surface area contributed by atoms with Gasteiger partial charge in [-0.05, 0) is 61.4 Å². The standard InChI is InChI=1S/C25H24FN5O3S/c1-18-24(23-11-12-28-31(23)21-9-7-19(17-27)8-10-21)29(13-4-14-35(2,33)34)25(32)30(18)22-6-3-5-20(15-22)16-26/h3,5-12,15H,4,13-14,16H2,1-2H3. The molecule has 4 rings (SSSR count). The normalized spacial score (nSPS) is 11.5. The molecule has 2 aromatic carbocycles. The molecule has 0 fully saturated rings. The lowest BCUT2D eigenvalue weighted by atomic mass is 10.2. The summed E-state index contributed by atoms with van der Waals surface area (Å²) in [6.45, 7) is 1.31. The Labute approximate surface area is 202 Å². The summed E-state index contributed by atoms with van der Waals surface area (Å²) in [5, 5.41) is 13.5. The molecule has 4 aromatic rings. The fourth-order valence-corrected chi connectivity index (χ4v) is 4.78. The zero-order valence-electron chi connectivity index (χ0n) is 19.3. The lowest BCUT2D eigenvalue weighted by Gasteiger charge is -2.11. The van der Waals surface area contributed by atoms with Crippen LogP contribution in [0.3, 0.4) is 0 Å². The van der Waals surface area contributed by atoms with Gasteiger partial charge in [0.2, 0.25) is 0 Å².